The molecule has 5 nitrogen and oxygen atoms in total. The molecule has 108 valence electrons. The molecule has 21 heavy (non-hydrogen) atoms. The molecule has 0 spiro atoms. The van der Waals surface area contributed by atoms with E-state index in [0.29, 0.717) is 5.75 Å². The van der Waals surface area contributed by atoms with Gasteiger partial charge in [0.1, 0.15) is 5.75 Å². The van der Waals surface area contributed by atoms with Gasteiger partial charge in [-0.1, -0.05) is 17.7 Å². The molecular weight excluding hydrogens is 270 g/mol. The Morgan fingerprint density at radius 2 is 1.76 bits per heavy atom. The van der Waals surface area contributed by atoms with Crippen LogP contribution in [-0.4, -0.2) is 10.7 Å². The highest BCUT2D eigenvalue weighted by Crippen LogP contribution is 2.33. The average Bonchev–Trinajstić information content (AvgIpc) is 2.41. The molecule has 0 aliphatic carbocycles. The molecule has 0 amide bonds. The lowest BCUT2D eigenvalue weighted by Gasteiger charge is -2.10. The monoisotopic (exact) mass is 285 g/mol. The number of Topliss-reactive ketones (excluding diaryl/α,β-unsaturated/α-hetero) is 1. The van der Waals surface area contributed by atoms with Crippen LogP contribution in [0.4, 0.5) is 5.69 Å². The Bertz CT molecular complexity index is 722. The second-order valence-electron chi connectivity index (χ2n) is 4.87. The molecule has 0 atom stereocenters. The molecule has 2 aromatic rings. The van der Waals surface area contributed by atoms with Crippen molar-refractivity contribution in [3.05, 3.63) is 63.2 Å². The van der Waals surface area contributed by atoms with Crippen molar-refractivity contribution in [2.24, 2.45) is 0 Å². The normalized spacial score (nSPS) is 10.2. The zero-order valence-corrected chi connectivity index (χ0v) is 12.0. The number of aryl methyl sites for hydroxylation is 2. The van der Waals surface area contributed by atoms with E-state index < -0.39 is 4.92 Å². The Kier molecular flexibility index (Phi) is 4.03. The number of nitrogens with zero attached hydrogens (tertiary/aromatic N) is 1. The van der Waals surface area contributed by atoms with Crippen molar-refractivity contribution in [1.29, 1.82) is 0 Å². The summed E-state index contributed by atoms with van der Waals surface area (Å²) < 4.78 is 5.64. The minimum atomic E-state index is -0.550. The van der Waals surface area contributed by atoms with Crippen LogP contribution in [0.5, 0.6) is 11.5 Å². The Balaban J connectivity index is 2.44. The minimum absolute atomic E-state index is 0.122. The van der Waals surface area contributed by atoms with Gasteiger partial charge < -0.3 is 4.74 Å². The maximum atomic E-state index is 11.3. The zero-order chi connectivity index (χ0) is 15.6. The smallest absolute Gasteiger partial charge is 0.312 e. The summed E-state index contributed by atoms with van der Waals surface area (Å²) in [6, 6.07) is 9.79. The average molecular weight is 285 g/mol. The molecule has 0 unspecified atom stereocenters. The summed E-state index contributed by atoms with van der Waals surface area (Å²) in [5.74, 6) is 0.451. The highest BCUT2D eigenvalue weighted by atomic mass is 16.6. The number of hydrogen-bond donors (Lipinski definition) is 0. The molecule has 0 aromatic heterocycles. The fourth-order valence-electron chi connectivity index (χ4n) is 2.00. The summed E-state index contributed by atoms with van der Waals surface area (Å²) >= 11 is 0. The van der Waals surface area contributed by atoms with E-state index in [0.717, 1.165) is 11.1 Å². The third kappa shape index (κ3) is 3.25. The van der Waals surface area contributed by atoms with Gasteiger partial charge in [-0.15, -0.1) is 0 Å². The van der Waals surface area contributed by atoms with E-state index in [2.05, 4.69) is 0 Å². The molecule has 2 aromatic carbocycles. The van der Waals surface area contributed by atoms with Crippen molar-refractivity contribution >= 4 is 11.5 Å². The van der Waals surface area contributed by atoms with Crippen LogP contribution in [0.2, 0.25) is 0 Å². The Labute approximate surface area is 122 Å². The van der Waals surface area contributed by atoms with E-state index in [1.54, 1.807) is 6.07 Å². The Morgan fingerprint density at radius 1 is 1.10 bits per heavy atom. The van der Waals surface area contributed by atoms with Crippen molar-refractivity contribution < 1.29 is 14.5 Å². The number of ketones is 1. The van der Waals surface area contributed by atoms with E-state index in [9.17, 15) is 14.9 Å². The van der Waals surface area contributed by atoms with Crippen molar-refractivity contribution in [3.63, 3.8) is 0 Å². The van der Waals surface area contributed by atoms with Gasteiger partial charge in [0.05, 0.1) is 4.92 Å². The number of nitro benzene ring substituents is 1. The zero-order valence-electron chi connectivity index (χ0n) is 12.0. The topological polar surface area (TPSA) is 69.4 Å². The molecule has 2 rings (SSSR count). The first-order valence-electron chi connectivity index (χ1n) is 6.43. The van der Waals surface area contributed by atoms with Gasteiger partial charge in [0.25, 0.3) is 0 Å². The molecule has 0 aliphatic rings. The number of nitro groups is 1. The maximum Gasteiger partial charge on any atom is 0.312 e. The first kappa shape index (κ1) is 14.7. The Hall–Kier alpha value is -2.69. The molecule has 0 aliphatic heterocycles. The van der Waals surface area contributed by atoms with Gasteiger partial charge in [-0.05, 0) is 44.5 Å². The SMILES string of the molecule is CC(=O)c1ccc(Oc2ccc(C)cc2C)c([N+](=O)[O-])c1. The molecular formula is C16H15NO4. The van der Waals surface area contributed by atoms with E-state index >= 15 is 0 Å². The molecule has 0 saturated carbocycles. The van der Waals surface area contributed by atoms with Gasteiger partial charge in [-0.3, -0.25) is 14.9 Å². The standard InChI is InChI=1S/C16H15NO4/c1-10-4-6-15(11(2)8-10)21-16-7-5-13(12(3)18)9-14(16)17(19)20/h4-9H,1-3H3. The molecule has 0 fully saturated rings. The van der Waals surface area contributed by atoms with Crippen LogP contribution in [0.15, 0.2) is 36.4 Å². The summed E-state index contributed by atoms with van der Waals surface area (Å²) in [5, 5.41) is 11.1. The number of carbonyl (C=O) groups excluding carboxylic acids is 1. The van der Waals surface area contributed by atoms with Gasteiger partial charge in [-0.2, -0.15) is 0 Å². The lowest BCUT2D eigenvalue weighted by Crippen LogP contribution is -1.98. The lowest BCUT2D eigenvalue weighted by molar-refractivity contribution is -0.385. The second-order valence-corrected chi connectivity index (χ2v) is 4.87. The highest BCUT2D eigenvalue weighted by Gasteiger charge is 2.18. The summed E-state index contributed by atoms with van der Waals surface area (Å²) in [5.41, 5.74) is 2.04. The molecule has 0 saturated heterocycles. The van der Waals surface area contributed by atoms with Crippen LogP contribution in [0, 0.1) is 24.0 Å². The molecule has 0 bridgehead atoms. The summed E-state index contributed by atoms with van der Waals surface area (Å²) in [4.78, 5) is 21.9. The number of ether oxygens (including phenoxy) is 1. The van der Waals surface area contributed by atoms with E-state index in [-0.39, 0.29) is 22.8 Å². The summed E-state index contributed by atoms with van der Waals surface area (Å²) in [6.07, 6.45) is 0. The first-order chi connectivity index (χ1) is 9.88. The number of carbonyl (C=O) groups is 1. The minimum Gasteiger partial charge on any atom is -0.450 e. The van der Waals surface area contributed by atoms with Gasteiger partial charge in [0, 0.05) is 11.6 Å². The molecule has 0 radical (unpaired) electrons. The lowest BCUT2D eigenvalue weighted by atomic mass is 10.1. The number of rotatable bonds is 4. The van der Waals surface area contributed by atoms with Crippen LogP contribution in [-0.2, 0) is 0 Å². The quantitative estimate of drug-likeness (QED) is 0.479. The molecule has 5 heteroatoms. The van der Waals surface area contributed by atoms with Crippen LogP contribution in [0.1, 0.15) is 28.4 Å². The highest BCUT2D eigenvalue weighted by molar-refractivity contribution is 5.95. The van der Waals surface area contributed by atoms with E-state index in [1.165, 1.54) is 25.1 Å². The number of hydrogen-bond acceptors (Lipinski definition) is 4. The number of benzene rings is 2. The summed E-state index contributed by atoms with van der Waals surface area (Å²) in [6.45, 7) is 5.20. The maximum absolute atomic E-state index is 11.3. The predicted molar refractivity (Wildman–Crippen MR) is 79.1 cm³/mol. The molecule has 0 heterocycles. The second kappa shape index (κ2) is 5.75. The Morgan fingerprint density at radius 3 is 2.33 bits per heavy atom. The van der Waals surface area contributed by atoms with Gasteiger partial charge >= 0.3 is 5.69 Å². The van der Waals surface area contributed by atoms with Crippen molar-refractivity contribution in [1.82, 2.24) is 0 Å². The third-order valence-corrected chi connectivity index (χ3v) is 3.11. The van der Waals surface area contributed by atoms with Crippen molar-refractivity contribution in [2.75, 3.05) is 0 Å². The fourth-order valence-corrected chi connectivity index (χ4v) is 2.00. The van der Waals surface area contributed by atoms with Crippen LogP contribution < -0.4 is 4.74 Å². The van der Waals surface area contributed by atoms with Crippen molar-refractivity contribution in [2.45, 2.75) is 20.8 Å². The third-order valence-electron chi connectivity index (χ3n) is 3.11. The van der Waals surface area contributed by atoms with E-state index in [4.69, 9.17) is 4.74 Å². The van der Waals surface area contributed by atoms with Crippen LogP contribution in [0.25, 0.3) is 0 Å². The van der Waals surface area contributed by atoms with E-state index in [1.807, 2.05) is 26.0 Å². The van der Waals surface area contributed by atoms with Crippen LogP contribution >= 0.6 is 0 Å². The summed E-state index contributed by atoms with van der Waals surface area (Å²) in [7, 11) is 0. The fraction of sp³-hybridized carbons (Fsp3) is 0.188. The van der Waals surface area contributed by atoms with Crippen molar-refractivity contribution in [3.8, 4) is 11.5 Å². The molecule has 0 N–H and O–H groups in total. The predicted octanol–water partition coefficient (Wildman–Crippen LogP) is 4.21. The van der Waals surface area contributed by atoms with Gasteiger partial charge in [0.2, 0.25) is 5.75 Å². The van der Waals surface area contributed by atoms with Gasteiger partial charge in [-0.25, -0.2) is 0 Å². The largest absolute Gasteiger partial charge is 0.450 e. The first-order valence-corrected chi connectivity index (χ1v) is 6.43. The van der Waals surface area contributed by atoms with Gasteiger partial charge in [0.15, 0.2) is 5.78 Å². The van der Waals surface area contributed by atoms with Crippen LogP contribution in [0.3, 0.4) is 0 Å².